The van der Waals surface area contributed by atoms with Gasteiger partial charge in [-0.15, -0.1) is 0 Å². The third-order valence-electron chi connectivity index (χ3n) is 3.79. The van der Waals surface area contributed by atoms with Crippen LogP contribution in [0.25, 0.3) is 11.2 Å². The smallest absolute Gasteiger partial charge is 0.256 e. The Morgan fingerprint density at radius 3 is 2.50 bits per heavy atom. The Kier molecular flexibility index (Phi) is 3.55. The van der Waals surface area contributed by atoms with Gasteiger partial charge in [-0.2, -0.15) is 5.10 Å². The summed E-state index contributed by atoms with van der Waals surface area (Å²) in [5.74, 6) is 0.310. The molecule has 0 spiro atoms. The summed E-state index contributed by atoms with van der Waals surface area (Å²) in [7, 11) is 0. The number of anilines is 1. The van der Waals surface area contributed by atoms with E-state index in [2.05, 4.69) is 32.6 Å². The van der Waals surface area contributed by atoms with Crippen molar-refractivity contribution in [3.05, 3.63) is 78.1 Å². The van der Waals surface area contributed by atoms with Crippen molar-refractivity contribution in [3.8, 4) is 0 Å². The van der Waals surface area contributed by atoms with Crippen LogP contribution in [0.4, 0.5) is 5.82 Å². The van der Waals surface area contributed by atoms with Crippen molar-refractivity contribution in [2.45, 2.75) is 6.54 Å². The van der Waals surface area contributed by atoms with Gasteiger partial charge in [0.1, 0.15) is 0 Å². The highest BCUT2D eigenvalue weighted by Crippen LogP contribution is 2.20. The van der Waals surface area contributed by atoms with Crippen molar-refractivity contribution in [1.29, 1.82) is 0 Å². The van der Waals surface area contributed by atoms with Gasteiger partial charge in [0.15, 0.2) is 17.0 Å². The van der Waals surface area contributed by atoms with Gasteiger partial charge in [-0.1, -0.05) is 48.5 Å². The number of nitrogens with zero attached hydrogens (tertiary/aromatic N) is 3. The predicted octanol–water partition coefficient (Wildman–Crippen LogP) is 3.06. The minimum absolute atomic E-state index is 0.196. The zero-order valence-corrected chi connectivity index (χ0v) is 12.8. The summed E-state index contributed by atoms with van der Waals surface area (Å²) in [5, 5.41) is 9.96. The summed E-state index contributed by atoms with van der Waals surface area (Å²) >= 11 is 0. The molecule has 0 aliphatic carbocycles. The van der Waals surface area contributed by atoms with E-state index in [1.54, 1.807) is 18.5 Å². The first kappa shape index (κ1) is 14.2. The molecule has 0 saturated heterocycles. The normalized spacial score (nSPS) is 10.8. The van der Waals surface area contributed by atoms with E-state index in [9.17, 15) is 4.79 Å². The zero-order chi connectivity index (χ0) is 16.4. The molecule has 0 saturated carbocycles. The molecule has 0 radical (unpaired) electrons. The molecule has 6 nitrogen and oxygen atoms in total. The van der Waals surface area contributed by atoms with Crippen molar-refractivity contribution in [3.63, 3.8) is 0 Å². The van der Waals surface area contributed by atoms with Crippen LogP contribution in [0.2, 0.25) is 0 Å². The zero-order valence-electron chi connectivity index (χ0n) is 12.8. The van der Waals surface area contributed by atoms with Gasteiger partial charge in [0.25, 0.3) is 5.91 Å². The molecule has 0 aliphatic rings. The molecule has 0 fully saturated rings. The number of benzene rings is 2. The van der Waals surface area contributed by atoms with Crippen LogP contribution in [0, 0.1) is 0 Å². The molecule has 0 aliphatic heterocycles. The highest BCUT2D eigenvalue weighted by atomic mass is 16.1. The van der Waals surface area contributed by atoms with Gasteiger partial charge in [-0.05, 0) is 17.7 Å². The molecule has 2 aromatic carbocycles. The van der Waals surface area contributed by atoms with Gasteiger partial charge in [0.05, 0.1) is 12.9 Å². The fraction of sp³-hybridized carbons (Fsp3) is 0.0556. The Hall–Kier alpha value is -3.41. The quantitative estimate of drug-likeness (QED) is 0.607. The van der Waals surface area contributed by atoms with Crippen molar-refractivity contribution < 1.29 is 4.79 Å². The molecule has 4 aromatic rings. The molecular formula is C18H15N5O. The monoisotopic (exact) mass is 317 g/mol. The fourth-order valence-electron chi connectivity index (χ4n) is 2.59. The summed E-state index contributed by atoms with van der Waals surface area (Å²) in [4.78, 5) is 16.6. The third-order valence-corrected chi connectivity index (χ3v) is 3.79. The molecule has 2 aromatic heterocycles. The van der Waals surface area contributed by atoms with Crippen LogP contribution in [0.5, 0.6) is 0 Å². The average molecular weight is 317 g/mol. The van der Waals surface area contributed by atoms with E-state index >= 15 is 0 Å². The van der Waals surface area contributed by atoms with Gasteiger partial charge in [-0.25, -0.2) is 4.98 Å². The number of hydrogen-bond donors (Lipinski definition) is 2. The predicted molar refractivity (Wildman–Crippen MR) is 91.8 cm³/mol. The van der Waals surface area contributed by atoms with Gasteiger partial charge < -0.3 is 9.88 Å². The van der Waals surface area contributed by atoms with Gasteiger partial charge >= 0.3 is 0 Å². The van der Waals surface area contributed by atoms with Crippen molar-refractivity contribution in [1.82, 2.24) is 19.7 Å². The number of carbonyl (C=O) groups excluding carboxylic acids is 1. The van der Waals surface area contributed by atoms with Crippen LogP contribution in [0.1, 0.15) is 15.9 Å². The maximum Gasteiger partial charge on any atom is 0.256 e. The second-order valence-electron chi connectivity index (χ2n) is 5.45. The van der Waals surface area contributed by atoms with Crippen molar-refractivity contribution >= 4 is 22.9 Å². The number of fused-ring (bicyclic) bond motifs is 1. The minimum atomic E-state index is -0.196. The van der Waals surface area contributed by atoms with E-state index in [4.69, 9.17) is 0 Å². The molecule has 2 N–H and O–H groups in total. The lowest BCUT2D eigenvalue weighted by Crippen LogP contribution is -2.12. The number of aromatic nitrogens is 4. The maximum absolute atomic E-state index is 12.3. The molecule has 1 amide bonds. The van der Waals surface area contributed by atoms with Gasteiger partial charge in [-0.3, -0.25) is 9.89 Å². The molecule has 0 bridgehead atoms. The van der Waals surface area contributed by atoms with Crippen LogP contribution in [0.3, 0.4) is 0 Å². The van der Waals surface area contributed by atoms with Gasteiger partial charge in [0.2, 0.25) is 0 Å². The Morgan fingerprint density at radius 2 is 1.75 bits per heavy atom. The topological polar surface area (TPSA) is 75.6 Å². The summed E-state index contributed by atoms with van der Waals surface area (Å²) in [6, 6.07) is 19.1. The largest absolute Gasteiger partial charge is 0.309 e. The number of hydrogen-bond acceptors (Lipinski definition) is 3. The van der Waals surface area contributed by atoms with E-state index in [1.807, 2.05) is 41.0 Å². The standard InChI is InChI=1S/C18H15N5O/c24-18(14-9-5-2-6-10-14)20-16-15-17(22-21-16)23(12-19-15)11-13-7-3-1-4-8-13/h1-10,12H,11H2,(H2,20,21,22,24). The van der Waals surface area contributed by atoms with Gasteiger partial charge in [0, 0.05) is 5.56 Å². The second kappa shape index (κ2) is 6.00. The van der Waals surface area contributed by atoms with Crippen molar-refractivity contribution in [2.24, 2.45) is 0 Å². The summed E-state index contributed by atoms with van der Waals surface area (Å²) in [5.41, 5.74) is 3.11. The highest BCUT2D eigenvalue weighted by Gasteiger charge is 2.14. The Balaban J connectivity index is 1.59. The highest BCUT2D eigenvalue weighted by molar-refractivity contribution is 6.06. The SMILES string of the molecule is O=C(Nc1[nH]nc2c1ncn2Cc1ccccc1)c1ccccc1. The maximum atomic E-state index is 12.3. The number of nitrogens with one attached hydrogen (secondary N) is 2. The molecule has 0 unspecified atom stereocenters. The lowest BCUT2D eigenvalue weighted by Gasteiger charge is -2.01. The summed E-state index contributed by atoms with van der Waals surface area (Å²) in [6.45, 7) is 0.675. The molecule has 4 rings (SSSR count). The van der Waals surface area contributed by atoms with Crippen LogP contribution < -0.4 is 5.32 Å². The number of rotatable bonds is 4. The van der Waals surface area contributed by atoms with E-state index in [0.29, 0.717) is 29.1 Å². The molecule has 118 valence electrons. The molecule has 2 heterocycles. The first-order chi connectivity index (χ1) is 11.8. The van der Waals surface area contributed by atoms with Crippen LogP contribution >= 0.6 is 0 Å². The number of imidazole rings is 1. The molecule has 24 heavy (non-hydrogen) atoms. The number of amides is 1. The van der Waals surface area contributed by atoms with Crippen LogP contribution in [-0.2, 0) is 6.54 Å². The van der Waals surface area contributed by atoms with E-state index in [-0.39, 0.29) is 5.91 Å². The lowest BCUT2D eigenvalue weighted by molar-refractivity contribution is 0.102. The number of aromatic amines is 1. The first-order valence-corrected chi connectivity index (χ1v) is 7.61. The third kappa shape index (κ3) is 2.65. The molecule has 0 atom stereocenters. The molecular weight excluding hydrogens is 302 g/mol. The van der Waals surface area contributed by atoms with E-state index in [0.717, 1.165) is 5.56 Å². The Morgan fingerprint density at radius 1 is 1.04 bits per heavy atom. The van der Waals surface area contributed by atoms with Crippen LogP contribution in [-0.4, -0.2) is 25.7 Å². The Labute approximate surface area is 138 Å². The number of carbonyl (C=O) groups is 1. The van der Waals surface area contributed by atoms with Crippen molar-refractivity contribution in [2.75, 3.05) is 5.32 Å². The summed E-state index contributed by atoms with van der Waals surface area (Å²) < 4.78 is 1.94. The number of H-pyrrole nitrogens is 1. The molecule has 6 heteroatoms. The summed E-state index contributed by atoms with van der Waals surface area (Å²) in [6.07, 6.45) is 1.73. The minimum Gasteiger partial charge on any atom is -0.309 e. The van der Waals surface area contributed by atoms with E-state index in [1.165, 1.54) is 0 Å². The fourth-order valence-corrected chi connectivity index (χ4v) is 2.59. The van der Waals surface area contributed by atoms with E-state index < -0.39 is 0 Å². The Bertz CT molecular complexity index is 973. The second-order valence-corrected chi connectivity index (χ2v) is 5.45. The first-order valence-electron chi connectivity index (χ1n) is 7.61. The van der Waals surface area contributed by atoms with Crippen LogP contribution in [0.15, 0.2) is 67.0 Å². The lowest BCUT2D eigenvalue weighted by atomic mass is 10.2. The average Bonchev–Trinajstić information content (AvgIpc) is 3.20.